The van der Waals surface area contributed by atoms with E-state index in [9.17, 15) is 4.79 Å². The fourth-order valence-corrected chi connectivity index (χ4v) is 2.66. The molecule has 1 atom stereocenters. The Morgan fingerprint density at radius 3 is 2.90 bits per heavy atom. The molecule has 1 aromatic rings. The van der Waals surface area contributed by atoms with Crippen LogP contribution in [0.4, 0.5) is 5.69 Å². The van der Waals surface area contributed by atoms with Gasteiger partial charge in [0.15, 0.2) is 0 Å². The molecule has 1 aliphatic rings. The van der Waals surface area contributed by atoms with Gasteiger partial charge in [-0.25, -0.2) is 4.68 Å². The van der Waals surface area contributed by atoms with Crippen LogP contribution in [0.25, 0.3) is 0 Å². The standard InChI is InChI=1S/C15H24ClN3O/c1-3-4-6-11(2)18-14-13(16)9-17-19(15(14)20)10-12-7-5-8-12/h9,11-12,18H,3-8,10H2,1-2H3. The third kappa shape index (κ3) is 3.75. The Kier molecular flexibility index (Phi) is 5.46. The SMILES string of the molecule is CCCCC(C)Nc1c(Cl)cnn(CC2CCC2)c1=O. The van der Waals surface area contributed by atoms with Crippen molar-refractivity contribution in [3.63, 3.8) is 0 Å². The first kappa shape index (κ1) is 15.4. The minimum atomic E-state index is -0.0900. The lowest BCUT2D eigenvalue weighted by molar-refractivity contribution is 0.262. The highest BCUT2D eigenvalue weighted by atomic mass is 35.5. The van der Waals surface area contributed by atoms with Crippen LogP contribution in [0.5, 0.6) is 0 Å². The van der Waals surface area contributed by atoms with Crippen LogP contribution in [0.1, 0.15) is 52.4 Å². The molecule has 4 nitrogen and oxygen atoms in total. The van der Waals surface area contributed by atoms with Crippen LogP contribution >= 0.6 is 11.6 Å². The van der Waals surface area contributed by atoms with Crippen molar-refractivity contribution in [2.24, 2.45) is 5.92 Å². The van der Waals surface area contributed by atoms with Gasteiger partial charge < -0.3 is 5.32 Å². The van der Waals surface area contributed by atoms with Gasteiger partial charge in [-0.1, -0.05) is 37.8 Å². The lowest BCUT2D eigenvalue weighted by Crippen LogP contribution is -2.32. The van der Waals surface area contributed by atoms with Crippen LogP contribution in [0.15, 0.2) is 11.0 Å². The van der Waals surface area contributed by atoms with Crippen molar-refractivity contribution < 1.29 is 0 Å². The predicted molar refractivity (Wildman–Crippen MR) is 83.5 cm³/mol. The van der Waals surface area contributed by atoms with Crippen molar-refractivity contribution in [2.75, 3.05) is 5.32 Å². The van der Waals surface area contributed by atoms with Gasteiger partial charge in [0.25, 0.3) is 5.56 Å². The molecular formula is C15H24ClN3O. The first-order valence-corrected chi connectivity index (χ1v) is 8.01. The van der Waals surface area contributed by atoms with E-state index in [1.807, 2.05) is 0 Å². The molecule has 112 valence electrons. The molecule has 0 amide bonds. The second kappa shape index (κ2) is 7.11. The molecule has 1 fully saturated rings. The molecule has 1 saturated carbocycles. The van der Waals surface area contributed by atoms with Crippen LogP contribution in [-0.4, -0.2) is 15.8 Å². The summed E-state index contributed by atoms with van der Waals surface area (Å²) in [6.07, 6.45) is 8.59. The Morgan fingerprint density at radius 2 is 2.30 bits per heavy atom. The summed E-state index contributed by atoms with van der Waals surface area (Å²) in [5, 5.41) is 7.84. The minimum Gasteiger partial charge on any atom is -0.377 e. The number of aromatic nitrogens is 2. The topological polar surface area (TPSA) is 46.9 Å². The van der Waals surface area contributed by atoms with E-state index in [0.29, 0.717) is 23.2 Å². The highest BCUT2D eigenvalue weighted by Gasteiger charge is 2.20. The van der Waals surface area contributed by atoms with Gasteiger partial charge >= 0.3 is 0 Å². The van der Waals surface area contributed by atoms with Crippen LogP contribution in [0, 0.1) is 5.92 Å². The number of hydrogen-bond donors (Lipinski definition) is 1. The molecule has 1 aromatic heterocycles. The quantitative estimate of drug-likeness (QED) is 0.835. The van der Waals surface area contributed by atoms with E-state index in [1.165, 1.54) is 19.3 Å². The number of rotatable bonds is 7. The van der Waals surface area contributed by atoms with E-state index in [-0.39, 0.29) is 11.6 Å². The van der Waals surface area contributed by atoms with E-state index in [0.717, 1.165) is 19.3 Å². The predicted octanol–water partition coefficient (Wildman–Crippen LogP) is 3.69. The Labute approximate surface area is 125 Å². The number of anilines is 1. The summed E-state index contributed by atoms with van der Waals surface area (Å²) < 4.78 is 1.56. The van der Waals surface area contributed by atoms with Crippen molar-refractivity contribution in [3.8, 4) is 0 Å². The third-order valence-corrected chi connectivity index (χ3v) is 4.32. The molecule has 20 heavy (non-hydrogen) atoms. The molecule has 1 heterocycles. The molecule has 0 aliphatic heterocycles. The van der Waals surface area contributed by atoms with E-state index in [1.54, 1.807) is 10.9 Å². The summed E-state index contributed by atoms with van der Waals surface area (Å²) >= 11 is 6.13. The Balaban J connectivity index is 2.09. The summed E-state index contributed by atoms with van der Waals surface area (Å²) in [6, 6.07) is 0.250. The molecule has 1 N–H and O–H groups in total. The summed E-state index contributed by atoms with van der Waals surface area (Å²) in [5.41, 5.74) is 0.414. The van der Waals surface area contributed by atoms with Crippen molar-refractivity contribution in [1.82, 2.24) is 9.78 Å². The maximum atomic E-state index is 12.4. The molecule has 0 spiro atoms. The average molecular weight is 298 g/mol. The highest BCUT2D eigenvalue weighted by Crippen LogP contribution is 2.27. The summed E-state index contributed by atoms with van der Waals surface area (Å²) in [7, 11) is 0. The zero-order valence-corrected chi connectivity index (χ0v) is 13.1. The average Bonchev–Trinajstić information content (AvgIpc) is 2.38. The van der Waals surface area contributed by atoms with E-state index in [2.05, 4.69) is 24.3 Å². The lowest BCUT2D eigenvalue weighted by Gasteiger charge is -2.25. The van der Waals surface area contributed by atoms with Gasteiger partial charge in [-0.2, -0.15) is 5.10 Å². The smallest absolute Gasteiger partial charge is 0.291 e. The normalized spacial score (nSPS) is 16.8. The van der Waals surface area contributed by atoms with Gasteiger partial charge in [0.1, 0.15) is 5.69 Å². The second-order valence-electron chi connectivity index (χ2n) is 5.84. The molecular weight excluding hydrogens is 274 g/mol. The third-order valence-electron chi connectivity index (χ3n) is 4.03. The molecule has 0 bridgehead atoms. The lowest BCUT2D eigenvalue weighted by atomic mass is 9.85. The van der Waals surface area contributed by atoms with Crippen molar-refractivity contribution in [3.05, 3.63) is 21.6 Å². The summed E-state index contributed by atoms with van der Waals surface area (Å²) in [5.74, 6) is 0.603. The van der Waals surface area contributed by atoms with Crippen LogP contribution < -0.4 is 10.9 Å². The Morgan fingerprint density at radius 1 is 1.55 bits per heavy atom. The fourth-order valence-electron chi connectivity index (χ4n) is 2.48. The van der Waals surface area contributed by atoms with Gasteiger partial charge in [-0.3, -0.25) is 4.79 Å². The van der Waals surface area contributed by atoms with Gasteiger partial charge in [0, 0.05) is 12.6 Å². The van der Waals surface area contributed by atoms with Crippen LogP contribution in [0.2, 0.25) is 5.02 Å². The largest absolute Gasteiger partial charge is 0.377 e. The first-order chi connectivity index (χ1) is 9.61. The zero-order chi connectivity index (χ0) is 14.5. The summed E-state index contributed by atoms with van der Waals surface area (Å²) in [4.78, 5) is 12.4. The van der Waals surface area contributed by atoms with Crippen LogP contribution in [-0.2, 0) is 6.54 Å². The van der Waals surface area contributed by atoms with Gasteiger partial charge in [0.05, 0.1) is 11.2 Å². The van der Waals surface area contributed by atoms with Gasteiger partial charge in [0.2, 0.25) is 0 Å². The minimum absolute atomic E-state index is 0.0900. The monoisotopic (exact) mass is 297 g/mol. The number of nitrogens with one attached hydrogen (secondary N) is 1. The van der Waals surface area contributed by atoms with Gasteiger partial charge in [-0.05, 0) is 32.1 Å². The number of hydrogen-bond acceptors (Lipinski definition) is 3. The van der Waals surface area contributed by atoms with Gasteiger partial charge in [-0.15, -0.1) is 0 Å². The zero-order valence-electron chi connectivity index (χ0n) is 12.4. The molecule has 2 rings (SSSR count). The molecule has 5 heteroatoms. The molecule has 0 radical (unpaired) electrons. The number of unbranched alkanes of at least 4 members (excludes halogenated alkanes) is 1. The maximum absolute atomic E-state index is 12.4. The highest BCUT2D eigenvalue weighted by molar-refractivity contribution is 6.33. The van der Waals surface area contributed by atoms with E-state index in [4.69, 9.17) is 11.6 Å². The van der Waals surface area contributed by atoms with Crippen molar-refractivity contribution in [2.45, 2.75) is 65.0 Å². The summed E-state index contributed by atoms with van der Waals surface area (Å²) in [6.45, 7) is 4.97. The van der Waals surface area contributed by atoms with E-state index >= 15 is 0 Å². The Hall–Kier alpha value is -1.03. The van der Waals surface area contributed by atoms with E-state index < -0.39 is 0 Å². The first-order valence-electron chi connectivity index (χ1n) is 7.64. The molecule has 1 aliphatic carbocycles. The molecule has 0 saturated heterocycles. The maximum Gasteiger partial charge on any atom is 0.291 e. The molecule has 0 aromatic carbocycles. The number of nitrogens with zero attached hydrogens (tertiary/aromatic N) is 2. The fraction of sp³-hybridized carbons (Fsp3) is 0.733. The second-order valence-corrected chi connectivity index (χ2v) is 6.25. The van der Waals surface area contributed by atoms with Crippen molar-refractivity contribution >= 4 is 17.3 Å². The van der Waals surface area contributed by atoms with Crippen molar-refractivity contribution in [1.29, 1.82) is 0 Å². The van der Waals surface area contributed by atoms with Crippen LogP contribution in [0.3, 0.4) is 0 Å². The Bertz CT molecular complexity index is 496. The molecule has 1 unspecified atom stereocenters. The number of halogens is 1.